The molecule has 0 N–H and O–H groups in total. The molecule has 2 saturated heterocycles. The first-order valence-electron chi connectivity index (χ1n) is 10.3. The summed E-state index contributed by atoms with van der Waals surface area (Å²) >= 11 is 0. The van der Waals surface area contributed by atoms with Crippen molar-refractivity contribution >= 4 is 5.95 Å². The molecule has 0 spiro atoms. The number of hydrogen-bond donors (Lipinski definition) is 0. The van der Waals surface area contributed by atoms with Crippen molar-refractivity contribution in [2.45, 2.75) is 44.8 Å². The Bertz CT molecular complexity index is 696. The number of rotatable bonds is 6. The van der Waals surface area contributed by atoms with Crippen LogP contribution in [0.15, 0.2) is 42.7 Å². The van der Waals surface area contributed by atoms with Gasteiger partial charge in [-0.25, -0.2) is 9.97 Å². The fraction of sp³-hybridized carbons (Fsp3) is 0.545. The summed E-state index contributed by atoms with van der Waals surface area (Å²) in [6.45, 7) is 6.48. The quantitative estimate of drug-likeness (QED) is 0.786. The number of likely N-dealkylation sites (tertiary alicyclic amines) is 1. The first kappa shape index (κ1) is 18.4. The van der Waals surface area contributed by atoms with Crippen LogP contribution in [-0.2, 0) is 13.1 Å². The smallest absolute Gasteiger partial charge is 0.225 e. The minimum atomic E-state index is 0.607. The number of nitrogens with zero attached hydrogens (tertiary/aromatic N) is 5. The molecule has 1 atom stereocenters. The number of anilines is 1. The Labute approximate surface area is 163 Å². The van der Waals surface area contributed by atoms with Crippen LogP contribution < -0.4 is 4.90 Å². The van der Waals surface area contributed by atoms with E-state index < -0.39 is 0 Å². The molecule has 5 heteroatoms. The lowest BCUT2D eigenvalue weighted by Gasteiger charge is -2.27. The Morgan fingerprint density at radius 1 is 0.963 bits per heavy atom. The average Bonchev–Trinajstić information content (AvgIpc) is 3.19. The van der Waals surface area contributed by atoms with Gasteiger partial charge < -0.3 is 4.90 Å². The largest absolute Gasteiger partial charge is 0.341 e. The van der Waals surface area contributed by atoms with Crippen molar-refractivity contribution in [1.29, 1.82) is 0 Å². The van der Waals surface area contributed by atoms with Gasteiger partial charge in [-0.3, -0.25) is 9.80 Å². The van der Waals surface area contributed by atoms with Gasteiger partial charge in [0.05, 0.1) is 0 Å². The zero-order valence-electron chi connectivity index (χ0n) is 16.4. The molecule has 4 rings (SSSR count). The van der Waals surface area contributed by atoms with Gasteiger partial charge in [0.25, 0.3) is 0 Å². The van der Waals surface area contributed by atoms with E-state index in [0.29, 0.717) is 6.04 Å². The lowest BCUT2D eigenvalue weighted by Crippen LogP contribution is -2.34. The number of benzene rings is 1. The zero-order valence-corrected chi connectivity index (χ0v) is 16.4. The van der Waals surface area contributed by atoms with Gasteiger partial charge in [0, 0.05) is 63.3 Å². The molecule has 144 valence electrons. The lowest BCUT2D eigenvalue weighted by atomic mass is 10.1. The van der Waals surface area contributed by atoms with Crippen LogP contribution in [0.25, 0.3) is 0 Å². The van der Waals surface area contributed by atoms with E-state index in [1.807, 2.05) is 12.4 Å². The van der Waals surface area contributed by atoms with E-state index in [9.17, 15) is 0 Å². The predicted molar refractivity (Wildman–Crippen MR) is 110 cm³/mol. The third-order valence-electron chi connectivity index (χ3n) is 5.88. The third-order valence-corrected chi connectivity index (χ3v) is 5.88. The lowest BCUT2D eigenvalue weighted by molar-refractivity contribution is 0.222. The van der Waals surface area contributed by atoms with Gasteiger partial charge in [-0.05, 0) is 38.3 Å². The van der Waals surface area contributed by atoms with Crippen LogP contribution in [0.5, 0.6) is 0 Å². The van der Waals surface area contributed by atoms with Crippen molar-refractivity contribution in [3.63, 3.8) is 0 Å². The monoisotopic (exact) mass is 365 g/mol. The summed E-state index contributed by atoms with van der Waals surface area (Å²) in [5.41, 5.74) is 2.61. The normalized spacial score (nSPS) is 21.1. The van der Waals surface area contributed by atoms with Gasteiger partial charge in [-0.2, -0.15) is 0 Å². The van der Waals surface area contributed by atoms with Crippen LogP contribution in [-0.4, -0.2) is 59.0 Å². The summed E-state index contributed by atoms with van der Waals surface area (Å²) < 4.78 is 0. The van der Waals surface area contributed by atoms with Gasteiger partial charge in [0.15, 0.2) is 0 Å². The Morgan fingerprint density at radius 2 is 1.70 bits per heavy atom. The predicted octanol–water partition coefficient (Wildman–Crippen LogP) is 3.17. The minimum Gasteiger partial charge on any atom is -0.341 e. The van der Waals surface area contributed by atoms with Crippen molar-refractivity contribution in [2.24, 2.45) is 0 Å². The minimum absolute atomic E-state index is 0.607. The highest BCUT2D eigenvalue weighted by atomic mass is 15.3. The van der Waals surface area contributed by atoms with Gasteiger partial charge in [0.2, 0.25) is 5.95 Å². The van der Waals surface area contributed by atoms with E-state index in [4.69, 9.17) is 0 Å². The number of piperidine rings is 1. The first-order valence-corrected chi connectivity index (χ1v) is 10.3. The van der Waals surface area contributed by atoms with Crippen LogP contribution in [0.2, 0.25) is 0 Å². The van der Waals surface area contributed by atoms with Crippen molar-refractivity contribution < 1.29 is 0 Å². The summed E-state index contributed by atoms with van der Waals surface area (Å²) in [6, 6.07) is 11.4. The summed E-state index contributed by atoms with van der Waals surface area (Å²) in [5.74, 6) is 0.899. The SMILES string of the molecule is CN(Cc1cnc(N2CCCCC2)nc1)[C@@H]1CCN(Cc2ccccc2)C1. The van der Waals surface area contributed by atoms with E-state index in [2.05, 4.69) is 62.0 Å². The second kappa shape index (κ2) is 8.81. The van der Waals surface area contributed by atoms with Gasteiger partial charge >= 0.3 is 0 Å². The van der Waals surface area contributed by atoms with Crippen molar-refractivity contribution in [1.82, 2.24) is 19.8 Å². The second-order valence-electron chi connectivity index (χ2n) is 8.02. The molecule has 2 fully saturated rings. The summed E-state index contributed by atoms with van der Waals surface area (Å²) in [7, 11) is 2.23. The molecule has 1 aromatic heterocycles. The number of aromatic nitrogens is 2. The zero-order chi connectivity index (χ0) is 18.5. The molecule has 0 aliphatic carbocycles. The Balaban J connectivity index is 1.28. The average molecular weight is 366 g/mol. The third kappa shape index (κ3) is 4.85. The fourth-order valence-corrected chi connectivity index (χ4v) is 4.26. The van der Waals surface area contributed by atoms with Crippen LogP contribution in [0, 0.1) is 0 Å². The summed E-state index contributed by atoms with van der Waals surface area (Å²) in [6.07, 6.45) is 9.12. The highest BCUT2D eigenvalue weighted by Gasteiger charge is 2.25. The van der Waals surface area contributed by atoms with Crippen LogP contribution in [0.4, 0.5) is 5.95 Å². The molecule has 2 aromatic rings. The molecule has 0 saturated carbocycles. The van der Waals surface area contributed by atoms with Crippen molar-refractivity contribution in [3.05, 3.63) is 53.9 Å². The molecule has 0 bridgehead atoms. The topological polar surface area (TPSA) is 35.5 Å². The second-order valence-corrected chi connectivity index (χ2v) is 8.02. The van der Waals surface area contributed by atoms with Crippen LogP contribution in [0.1, 0.15) is 36.8 Å². The Hall–Kier alpha value is -1.98. The van der Waals surface area contributed by atoms with E-state index in [1.165, 1.54) is 43.4 Å². The Morgan fingerprint density at radius 3 is 2.44 bits per heavy atom. The maximum atomic E-state index is 4.63. The maximum Gasteiger partial charge on any atom is 0.225 e. The summed E-state index contributed by atoms with van der Waals surface area (Å²) in [4.78, 5) is 16.6. The molecule has 2 aliphatic heterocycles. The maximum absolute atomic E-state index is 4.63. The molecule has 5 nitrogen and oxygen atoms in total. The molecule has 2 aliphatic rings. The number of likely N-dealkylation sites (N-methyl/N-ethyl adjacent to an activating group) is 1. The molecule has 3 heterocycles. The molecular weight excluding hydrogens is 334 g/mol. The number of hydrogen-bond acceptors (Lipinski definition) is 5. The van der Waals surface area contributed by atoms with Crippen LogP contribution in [0.3, 0.4) is 0 Å². The van der Waals surface area contributed by atoms with E-state index in [0.717, 1.165) is 38.7 Å². The highest BCUT2D eigenvalue weighted by molar-refractivity contribution is 5.30. The van der Waals surface area contributed by atoms with E-state index >= 15 is 0 Å². The van der Waals surface area contributed by atoms with Gasteiger partial charge in [-0.1, -0.05) is 30.3 Å². The molecule has 27 heavy (non-hydrogen) atoms. The van der Waals surface area contributed by atoms with Crippen molar-refractivity contribution in [3.8, 4) is 0 Å². The molecule has 1 aromatic carbocycles. The van der Waals surface area contributed by atoms with Gasteiger partial charge in [0.1, 0.15) is 0 Å². The molecule has 0 unspecified atom stereocenters. The Kier molecular flexibility index (Phi) is 6.00. The van der Waals surface area contributed by atoms with Crippen molar-refractivity contribution in [2.75, 3.05) is 38.1 Å². The molecule has 0 amide bonds. The summed E-state index contributed by atoms with van der Waals surface area (Å²) in [5, 5.41) is 0. The van der Waals surface area contributed by atoms with E-state index in [-0.39, 0.29) is 0 Å². The fourth-order valence-electron chi connectivity index (χ4n) is 4.26. The van der Waals surface area contributed by atoms with Crippen LogP contribution >= 0.6 is 0 Å². The standard InChI is InChI=1S/C22H31N5/c1-25(21-10-13-26(18-21)17-19-8-4-2-5-9-19)16-20-14-23-22(24-15-20)27-11-6-3-7-12-27/h2,4-5,8-9,14-15,21H,3,6-7,10-13,16-18H2,1H3/t21-/m1/s1. The highest BCUT2D eigenvalue weighted by Crippen LogP contribution is 2.19. The first-order chi connectivity index (χ1) is 13.3. The van der Waals surface area contributed by atoms with Gasteiger partial charge in [-0.15, -0.1) is 0 Å². The molecular formula is C22H31N5. The molecule has 0 radical (unpaired) electrons. The van der Waals surface area contributed by atoms with E-state index in [1.54, 1.807) is 0 Å².